The Hall–Kier alpha value is -1.78. The zero-order chi connectivity index (χ0) is 12.9. The normalized spacial score (nSPS) is 16.1. The standard InChI is InChI=1S/C13H9F3O2/c14-13(15,16)7-4-5-8-11(6-7)18-10-3-1-2-9(17)12(8)10/h4-6H,1-3H2. The van der Waals surface area contributed by atoms with E-state index in [0.717, 1.165) is 12.1 Å². The van der Waals surface area contributed by atoms with Crippen LogP contribution in [0, 0.1) is 0 Å². The summed E-state index contributed by atoms with van der Waals surface area (Å²) >= 11 is 0. The molecule has 0 saturated carbocycles. The minimum atomic E-state index is -4.40. The molecule has 0 N–H and O–H groups in total. The van der Waals surface area contributed by atoms with E-state index in [-0.39, 0.29) is 11.4 Å². The van der Waals surface area contributed by atoms with Gasteiger partial charge in [0.2, 0.25) is 0 Å². The van der Waals surface area contributed by atoms with Crippen molar-refractivity contribution in [3.05, 3.63) is 35.1 Å². The molecular weight excluding hydrogens is 245 g/mol. The number of carbonyl (C=O) groups excluding carboxylic acids is 1. The lowest BCUT2D eigenvalue weighted by Crippen LogP contribution is -2.08. The summed E-state index contributed by atoms with van der Waals surface area (Å²) in [7, 11) is 0. The summed E-state index contributed by atoms with van der Waals surface area (Å²) in [4.78, 5) is 11.8. The molecule has 0 unspecified atom stereocenters. The van der Waals surface area contributed by atoms with E-state index in [1.165, 1.54) is 6.07 Å². The third-order valence-corrected chi connectivity index (χ3v) is 3.18. The Morgan fingerprint density at radius 1 is 1.17 bits per heavy atom. The highest BCUT2D eigenvalue weighted by Gasteiger charge is 2.32. The number of hydrogen-bond donors (Lipinski definition) is 0. The molecule has 3 rings (SSSR count). The first kappa shape index (κ1) is 11.3. The van der Waals surface area contributed by atoms with Crippen LogP contribution < -0.4 is 0 Å². The summed E-state index contributed by atoms with van der Waals surface area (Å²) in [5.41, 5.74) is -0.149. The lowest BCUT2D eigenvalue weighted by molar-refractivity contribution is -0.137. The molecule has 94 valence electrons. The average molecular weight is 254 g/mol. The molecule has 0 atom stereocenters. The Labute approximate surface area is 100 Å². The van der Waals surface area contributed by atoms with Gasteiger partial charge in [0, 0.05) is 18.2 Å². The van der Waals surface area contributed by atoms with Crippen LogP contribution in [-0.2, 0) is 12.6 Å². The number of benzene rings is 1. The van der Waals surface area contributed by atoms with Crippen LogP contribution in [0.15, 0.2) is 22.6 Å². The Bertz CT molecular complexity index is 637. The van der Waals surface area contributed by atoms with Crippen molar-refractivity contribution in [2.75, 3.05) is 0 Å². The van der Waals surface area contributed by atoms with E-state index >= 15 is 0 Å². The Morgan fingerprint density at radius 2 is 1.94 bits per heavy atom. The van der Waals surface area contributed by atoms with Gasteiger partial charge in [-0.05, 0) is 24.6 Å². The van der Waals surface area contributed by atoms with Gasteiger partial charge in [0.25, 0.3) is 0 Å². The van der Waals surface area contributed by atoms with Gasteiger partial charge in [-0.1, -0.05) is 0 Å². The van der Waals surface area contributed by atoms with Crippen molar-refractivity contribution >= 4 is 16.8 Å². The van der Waals surface area contributed by atoms with Crippen LogP contribution in [-0.4, -0.2) is 5.78 Å². The minimum absolute atomic E-state index is 0.0465. The summed E-state index contributed by atoms with van der Waals surface area (Å²) < 4.78 is 43.1. The van der Waals surface area contributed by atoms with Crippen molar-refractivity contribution in [1.29, 1.82) is 0 Å². The van der Waals surface area contributed by atoms with Gasteiger partial charge in [0.1, 0.15) is 11.3 Å². The number of aryl methyl sites for hydroxylation is 1. The van der Waals surface area contributed by atoms with Gasteiger partial charge < -0.3 is 4.42 Å². The van der Waals surface area contributed by atoms with Crippen LogP contribution in [0.1, 0.15) is 34.5 Å². The van der Waals surface area contributed by atoms with Crippen molar-refractivity contribution < 1.29 is 22.4 Å². The Balaban J connectivity index is 2.23. The second-order valence-electron chi connectivity index (χ2n) is 4.39. The molecule has 1 aliphatic carbocycles. The van der Waals surface area contributed by atoms with Crippen molar-refractivity contribution in [3.63, 3.8) is 0 Å². The number of alkyl halides is 3. The van der Waals surface area contributed by atoms with Crippen molar-refractivity contribution in [2.45, 2.75) is 25.4 Å². The highest BCUT2D eigenvalue weighted by atomic mass is 19.4. The number of halogens is 3. The molecule has 1 aromatic heterocycles. The highest BCUT2D eigenvalue weighted by Crippen LogP contribution is 2.36. The van der Waals surface area contributed by atoms with E-state index in [1.54, 1.807) is 0 Å². The molecule has 0 fully saturated rings. The van der Waals surface area contributed by atoms with Gasteiger partial charge in [-0.2, -0.15) is 13.2 Å². The molecule has 18 heavy (non-hydrogen) atoms. The molecule has 5 heteroatoms. The SMILES string of the molecule is O=C1CCCc2oc3cc(C(F)(F)F)ccc3c21. The molecule has 1 aliphatic rings. The number of fused-ring (bicyclic) bond motifs is 3. The van der Waals surface area contributed by atoms with Gasteiger partial charge in [-0.25, -0.2) is 0 Å². The summed E-state index contributed by atoms with van der Waals surface area (Å²) in [5, 5.41) is 0.489. The van der Waals surface area contributed by atoms with Crippen molar-refractivity contribution in [3.8, 4) is 0 Å². The summed E-state index contributed by atoms with van der Waals surface area (Å²) in [5.74, 6) is 0.468. The third-order valence-electron chi connectivity index (χ3n) is 3.18. The molecule has 0 bridgehead atoms. The number of carbonyl (C=O) groups is 1. The molecule has 1 heterocycles. The first-order chi connectivity index (χ1) is 8.47. The average Bonchev–Trinajstić information content (AvgIpc) is 2.66. The molecule has 2 nitrogen and oxygen atoms in total. The van der Waals surface area contributed by atoms with E-state index < -0.39 is 11.7 Å². The molecule has 1 aromatic carbocycles. The maximum atomic E-state index is 12.6. The van der Waals surface area contributed by atoms with Crippen LogP contribution in [0.5, 0.6) is 0 Å². The number of rotatable bonds is 0. The van der Waals surface area contributed by atoms with Gasteiger partial charge >= 0.3 is 6.18 Å². The fourth-order valence-electron chi connectivity index (χ4n) is 2.34. The molecule has 0 amide bonds. The monoisotopic (exact) mass is 254 g/mol. The van der Waals surface area contributed by atoms with E-state index in [4.69, 9.17) is 4.42 Å². The van der Waals surface area contributed by atoms with Crippen molar-refractivity contribution in [1.82, 2.24) is 0 Å². The first-order valence-corrected chi connectivity index (χ1v) is 5.62. The quantitative estimate of drug-likeness (QED) is 0.712. The maximum absolute atomic E-state index is 12.6. The van der Waals surface area contributed by atoms with E-state index in [9.17, 15) is 18.0 Å². The predicted molar refractivity (Wildman–Crippen MR) is 58.5 cm³/mol. The summed E-state index contributed by atoms with van der Waals surface area (Å²) in [6.45, 7) is 0. The topological polar surface area (TPSA) is 30.2 Å². The van der Waals surface area contributed by atoms with Gasteiger partial charge in [0.15, 0.2) is 5.78 Å². The summed E-state index contributed by atoms with van der Waals surface area (Å²) in [6.07, 6.45) is -2.66. The molecule has 2 aromatic rings. The van der Waals surface area contributed by atoms with Crippen LogP contribution in [0.3, 0.4) is 0 Å². The Morgan fingerprint density at radius 3 is 2.67 bits per heavy atom. The fourth-order valence-corrected chi connectivity index (χ4v) is 2.34. The number of Topliss-reactive ketones (excluding diaryl/α,β-unsaturated/α-hetero) is 1. The lowest BCUT2D eigenvalue weighted by Gasteiger charge is -2.07. The number of hydrogen-bond acceptors (Lipinski definition) is 2. The maximum Gasteiger partial charge on any atom is 0.416 e. The molecule has 0 saturated heterocycles. The number of furan rings is 1. The zero-order valence-corrected chi connectivity index (χ0v) is 9.30. The second kappa shape index (κ2) is 3.60. The van der Waals surface area contributed by atoms with E-state index in [1.807, 2.05) is 0 Å². The van der Waals surface area contributed by atoms with E-state index in [2.05, 4.69) is 0 Å². The van der Waals surface area contributed by atoms with Crippen LogP contribution in [0.4, 0.5) is 13.2 Å². The molecule has 0 radical (unpaired) electrons. The first-order valence-electron chi connectivity index (χ1n) is 5.62. The van der Waals surface area contributed by atoms with Crippen LogP contribution in [0.2, 0.25) is 0 Å². The molecule has 0 aliphatic heterocycles. The van der Waals surface area contributed by atoms with Gasteiger partial charge in [-0.15, -0.1) is 0 Å². The zero-order valence-electron chi connectivity index (χ0n) is 9.30. The van der Waals surface area contributed by atoms with Gasteiger partial charge in [-0.3, -0.25) is 4.79 Å². The smallest absolute Gasteiger partial charge is 0.416 e. The Kier molecular flexibility index (Phi) is 2.27. The van der Waals surface area contributed by atoms with Crippen LogP contribution in [0.25, 0.3) is 11.0 Å². The highest BCUT2D eigenvalue weighted by molar-refractivity contribution is 6.09. The second-order valence-corrected chi connectivity index (χ2v) is 4.39. The largest absolute Gasteiger partial charge is 0.460 e. The van der Waals surface area contributed by atoms with Gasteiger partial charge in [0.05, 0.1) is 11.1 Å². The summed E-state index contributed by atoms with van der Waals surface area (Å²) in [6, 6.07) is 3.27. The lowest BCUT2D eigenvalue weighted by atomic mass is 9.94. The molecular formula is C13H9F3O2. The molecule has 0 spiro atoms. The third kappa shape index (κ3) is 1.62. The van der Waals surface area contributed by atoms with E-state index in [0.29, 0.717) is 36.0 Å². The van der Waals surface area contributed by atoms with Crippen LogP contribution >= 0.6 is 0 Å². The van der Waals surface area contributed by atoms with Crippen molar-refractivity contribution in [2.24, 2.45) is 0 Å². The fraction of sp³-hybridized carbons (Fsp3) is 0.308. The number of ketones is 1. The predicted octanol–water partition coefficient (Wildman–Crippen LogP) is 3.97. The minimum Gasteiger partial charge on any atom is -0.460 e.